The van der Waals surface area contributed by atoms with Gasteiger partial charge < -0.3 is 4.90 Å². The Hall–Kier alpha value is -1.05. The zero-order valence-corrected chi connectivity index (χ0v) is 13.1. The Labute approximate surface area is 114 Å². The fourth-order valence-electron chi connectivity index (χ4n) is 1.37. The molecule has 0 fully saturated rings. The number of carbonyl (C=O) groups excluding carboxylic acids is 1. The lowest BCUT2D eigenvalue weighted by Gasteiger charge is -2.02. The van der Waals surface area contributed by atoms with Gasteiger partial charge in [0.25, 0.3) is 0 Å². The second-order valence-corrected chi connectivity index (χ2v) is 4.27. The fourth-order valence-corrected chi connectivity index (χ4v) is 1.37. The van der Waals surface area contributed by atoms with Gasteiger partial charge in [-0.3, -0.25) is 4.79 Å². The first-order chi connectivity index (χ1) is 8.57. The Morgan fingerprint density at radius 2 is 1.83 bits per heavy atom. The number of carbonyl (C=O) groups is 1. The molecular formula is C16H31NO. The van der Waals surface area contributed by atoms with Gasteiger partial charge in [0, 0.05) is 21.0 Å². The molecule has 1 aliphatic carbocycles. The molecule has 1 aliphatic rings. The van der Waals surface area contributed by atoms with E-state index in [1.807, 2.05) is 13.8 Å². The van der Waals surface area contributed by atoms with E-state index in [-0.39, 0.29) is 5.91 Å². The molecule has 0 spiro atoms. The molecule has 0 radical (unpaired) electrons. The lowest BCUT2D eigenvalue weighted by Crippen LogP contribution is -2.17. The average Bonchev–Trinajstić information content (AvgIpc) is 2.61. The number of hydrogen-bond acceptors (Lipinski definition) is 1. The predicted molar refractivity (Wildman–Crippen MR) is 81.7 cm³/mol. The van der Waals surface area contributed by atoms with Crippen molar-refractivity contribution in [2.45, 2.75) is 59.8 Å². The van der Waals surface area contributed by atoms with Crippen molar-refractivity contribution in [1.29, 1.82) is 0 Å². The lowest BCUT2D eigenvalue weighted by atomic mass is 10.1. The molecule has 18 heavy (non-hydrogen) atoms. The average molecular weight is 253 g/mol. The van der Waals surface area contributed by atoms with Gasteiger partial charge in [-0.25, -0.2) is 0 Å². The topological polar surface area (TPSA) is 20.3 Å². The number of rotatable bonds is 2. The third-order valence-corrected chi connectivity index (χ3v) is 2.54. The van der Waals surface area contributed by atoms with E-state index in [1.54, 1.807) is 19.7 Å². The van der Waals surface area contributed by atoms with Gasteiger partial charge in [0.15, 0.2) is 0 Å². The fraction of sp³-hybridized carbons (Fsp3) is 0.688. The van der Waals surface area contributed by atoms with E-state index in [4.69, 9.17) is 0 Å². The van der Waals surface area contributed by atoms with Crippen LogP contribution in [0.2, 0.25) is 0 Å². The smallest absolute Gasteiger partial charge is 0.218 e. The third kappa shape index (κ3) is 13.0. The Bertz CT molecular complexity index is 252. The van der Waals surface area contributed by atoms with E-state index in [2.05, 4.69) is 25.2 Å². The highest BCUT2D eigenvalue weighted by atomic mass is 16.2. The van der Waals surface area contributed by atoms with Crippen molar-refractivity contribution < 1.29 is 4.79 Å². The van der Waals surface area contributed by atoms with Crippen LogP contribution in [0.25, 0.3) is 0 Å². The van der Waals surface area contributed by atoms with Crippen molar-refractivity contribution in [2.24, 2.45) is 0 Å². The van der Waals surface area contributed by atoms with Gasteiger partial charge in [-0.2, -0.15) is 0 Å². The molecule has 0 unspecified atom stereocenters. The van der Waals surface area contributed by atoms with E-state index in [9.17, 15) is 4.79 Å². The van der Waals surface area contributed by atoms with E-state index in [1.165, 1.54) is 37.5 Å². The summed E-state index contributed by atoms with van der Waals surface area (Å²) >= 11 is 0. The van der Waals surface area contributed by atoms with Crippen LogP contribution in [-0.4, -0.2) is 24.9 Å². The molecule has 0 aliphatic heterocycles. The molecule has 0 N–H and O–H groups in total. The minimum atomic E-state index is 0.0926. The first kappa shape index (κ1) is 19.3. The molecule has 106 valence electrons. The molecule has 0 aromatic heterocycles. The molecule has 0 saturated heterocycles. The zero-order chi connectivity index (χ0) is 14.4. The quantitative estimate of drug-likeness (QED) is 0.660. The summed E-state index contributed by atoms with van der Waals surface area (Å²) in [6.07, 6.45) is 13.3. The van der Waals surface area contributed by atoms with Crippen molar-refractivity contribution in [3.05, 3.63) is 23.8 Å². The van der Waals surface area contributed by atoms with E-state index in [0.717, 1.165) is 6.42 Å². The second kappa shape index (κ2) is 14.0. The molecule has 0 heterocycles. The molecule has 0 bridgehead atoms. The second-order valence-electron chi connectivity index (χ2n) is 4.27. The first-order valence-corrected chi connectivity index (χ1v) is 7.08. The van der Waals surface area contributed by atoms with Gasteiger partial charge in [-0.1, -0.05) is 51.0 Å². The summed E-state index contributed by atoms with van der Waals surface area (Å²) in [7, 11) is 3.45. The zero-order valence-electron chi connectivity index (χ0n) is 13.1. The standard InChI is InChI=1S/C10H16.C4H9NO.C2H6/c1-2-7-10-8-5-3-4-6-9-10;1-4(6)5(2)3;1-2/h3-4,8H,2,5-7,9H2,1H3;1-3H3;1-2H3. The third-order valence-electron chi connectivity index (χ3n) is 2.54. The van der Waals surface area contributed by atoms with Gasteiger partial charge >= 0.3 is 0 Å². The van der Waals surface area contributed by atoms with Crippen LogP contribution in [0.15, 0.2) is 23.8 Å². The summed E-state index contributed by atoms with van der Waals surface area (Å²) in [5, 5.41) is 0. The number of nitrogens with zero attached hydrogens (tertiary/aromatic N) is 1. The van der Waals surface area contributed by atoms with Crippen molar-refractivity contribution in [1.82, 2.24) is 4.90 Å². The number of allylic oxidation sites excluding steroid dienone is 4. The van der Waals surface area contributed by atoms with Crippen molar-refractivity contribution in [3.8, 4) is 0 Å². The minimum Gasteiger partial charge on any atom is -0.349 e. The van der Waals surface area contributed by atoms with Crippen molar-refractivity contribution >= 4 is 5.91 Å². The molecule has 0 saturated carbocycles. The summed E-state index contributed by atoms with van der Waals surface area (Å²) in [5.41, 5.74) is 1.66. The summed E-state index contributed by atoms with van der Waals surface area (Å²) in [6, 6.07) is 0. The Kier molecular flexibility index (Phi) is 15.0. The highest BCUT2D eigenvalue weighted by molar-refractivity contribution is 5.72. The Morgan fingerprint density at radius 1 is 1.28 bits per heavy atom. The summed E-state index contributed by atoms with van der Waals surface area (Å²) < 4.78 is 0. The number of amides is 1. The van der Waals surface area contributed by atoms with Gasteiger partial charge in [0.05, 0.1) is 0 Å². The van der Waals surface area contributed by atoms with Crippen LogP contribution >= 0.6 is 0 Å². The van der Waals surface area contributed by atoms with Crippen LogP contribution < -0.4 is 0 Å². The SMILES string of the molecule is CC.CC(=O)N(C)C.CCCC1=CCC=CCC1. The normalized spacial score (nSPS) is 13.1. The lowest BCUT2D eigenvalue weighted by molar-refractivity contribution is -0.126. The van der Waals surface area contributed by atoms with Crippen LogP contribution in [0.1, 0.15) is 59.8 Å². The summed E-state index contributed by atoms with van der Waals surface area (Å²) in [6.45, 7) is 7.78. The van der Waals surface area contributed by atoms with Gasteiger partial charge in [0.2, 0.25) is 5.91 Å². The maximum Gasteiger partial charge on any atom is 0.218 e. The van der Waals surface area contributed by atoms with E-state index < -0.39 is 0 Å². The molecule has 1 amide bonds. The molecule has 1 rings (SSSR count). The van der Waals surface area contributed by atoms with Gasteiger partial charge in [-0.15, -0.1) is 0 Å². The Balaban J connectivity index is 0. The maximum absolute atomic E-state index is 10.1. The molecule has 2 heteroatoms. The molecule has 0 aromatic carbocycles. The van der Waals surface area contributed by atoms with E-state index in [0.29, 0.717) is 0 Å². The van der Waals surface area contributed by atoms with Crippen LogP contribution in [0.5, 0.6) is 0 Å². The molecular weight excluding hydrogens is 222 g/mol. The van der Waals surface area contributed by atoms with Crippen LogP contribution in [-0.2, 0) is 4.79 Å². The Morgan fingerprint density at radius 3 is 2.28 bits per heavy atom. The maximum atomic E-state index is 10.1. The highest BCUT2D eigenvalue weighted by Crippen LogP contribution is 2.16. The van der Waals surface area contributed by atoms with Crippen LogP contribution in [0.4, 0.5) is 0 Å². The van der Waals surface area contributed by atoms with Crippen molar-refractivity contribution in [3.63, 3.8) is 0 Å². The van der Waals surface area contributed by atoms with Gasteiger partial charge in [-0.05, 0) is 25.7 Å². The number of hydrogen-bond donors (Lipinski definition) is 0. The first-order valence-electron chi connectivity index (χ1n) is 7.08. The predicted octanol–water partition coefficient (Wildman–Crippen LogP) is 4.57. The largest absolute Gasteiger partial charge is 0.349 e. The molecule has 0 aromatic rings. The highest BCUT2D eigenvalue weighted by Gasteiger charge is 1.96. The van der Waals surface area contributed by atoms with Crippen molar-refractivity contribution in [2.75, 3.05) is 14.1 Å². The summed E-state index contributed by atoms with van der Waals surface area (Å²) in [5.74, 6) is 0.0926. The van der Waals surface area contributed by atoms with Crippen LogP contribution in [0, 0.1) is 0 Å². The minimum absolute atomic E-state index is 0.0926. The summed E-state index contributed by atoms with van der Waals surface area (Å²) in [4.78, 5) is 11.6. The molecule has 0 atom stereocenters. The van der Waals surface area contributed by atoms with Gasteiger partial charge in [0.1, 0.15) is 0 Å². The van der Waals surface area contributed by atoms with E-state index >= 15 is 0 Å². The monoisotopic (exact) mass is 253 g/mol. The van der Waals surface area contributed by atoms with Crippen LogP contribution in [0.3, 0.4) is 0 Å². The molecule has 2 nitrogen and oxygen atoms in total.